The van der Waals surface area contributed by atoms with Gasteiger partial charge in [0.2, 0.25) is 0 Å². The maximum Gasteiger partial charge on any atom is 0.341 e. The molecule has 1 aliphatic carbocycles. The van der Waals surface area contributed by atoms with Crippen molar-refractivity contribution in [2.75, 3.05) is 12.4 Å². The lowest BCUT2D eigenvalue weighted by Crippen LogP contribution is -2.32. The van der Waals surface area contributed by atoms with Crippen LogP contribution in [0, 0.1) is 6.92 Å². The Bertz CT molecular complexity index is 898. The number of carbonyl (C=O) groups excluding carboxylic acids is 3. The third-order valence-electron chi connectivity index (χ3n) is 3.99. The Balaban J connectivity index is 1.68. The first-order valence-corrected chi connectivity index (χ1v) is 9.62. The van der Waals surface area contributed by atoms with Gasteiger partial charge in [0.1, 0.15) is 5.00 Å². The summed E-state index contributed by atoms with van der Waals surface area (Å²) in [4.78, 5) is 38.1. The zero-order valence-corrected chi connectivity index (χ0v) is 15.9. The Hall–Kier alpha value is -2.52. The maximum atomic E-state index is 12.1. The molecule has 2 heterocycles. The molecule has 136 valence electrons. The molecule has 2 aromatic heterocycles. The lowest BCUT2D eigenvalue weighted by Gasteiger charge is -2.06. The molecule has 0 unspecified atom stereocenters. The second-order valence-corrected chi connectivity index (χ2v) is 7.73. The zero-order valence-electron chi connectivity index (χ0n) is 14.3. The zero-order chi connectivity index (χ0) is 18.7. The first kappa shape index (κ1) is 18.3. The number of rotatable bonds is 4. The number of anilines is 1. The average Bonchev–Trinajstić information content (AvgIpc) is 3.30. The Morgan fingerprint density at radius 3 is 2.77 bits per heavy atom. The molecule has 2 N–H and O–H groups in total. The van der Waals surface area contributed by atoms with Crippen LogP contribution in [-0.2, 0) is 27.2 Å². The summed E-state index contributed by atoms with van der Waals surface area (Å²) in [7, 11) is 1.29. The summed E-state index contributed by atoms with van der Waals surface area (Å²) in [6, 6.07) is 1.94. The number of fused-ring (bicyclic) bond motifs is 1. The van der Waals surface area contributed by atoms with Crippen LogP contribution in [0.5, 0.6) is 0 Å². The van der Waals surface area contributed by atoms with E-state index >= 15 is 0 Å². The van der Waals surface area contributed by atoms with E-state index in [0.717, 1.165) is 40.1 Å². The molecular weight excluding hydrogens is 374 g/mol. The van der Waals surface area contributed by atoms with E-state index in [0.29, 0.717) is 10.6 Å². The predicted octanol–water partition coefficient (Wildman–Crippen LogP) is 2.48. The summed E-state index contributed by atoms with van der Waals surface area (Å²) in [5.41, 5.74) is 4.49. The van der Waals surface area contributed by atoms with Crippen LogP contribution in [0.1, 0.15) is 37.7 Å². The molecule has 26 heavy (non-hydrogen) atoms. The van der Waals surface area contributed by atoms with Crippen molar-refractivity contribution in [3.63, 3.8) is 0 Å². The minimum absolute atomic E-state index is 0.347. The van der Waals surface area contributed by atoms with Crippen molar-refractivity contribution < 1.29 is 19.1 Å². The molecule has 0 bridgehead atoms. The molecule has 0 aromatic carbocycles. The maximum absolute atomic E-state index is 12.1. The number of aryl methyl sites for hydroxylation is 2. The Labute approximate surface area is 158 Å². The van der Waals surface area contributed by atoms with Crippen molar-refractivity contribution in [3.8, 4) is 0 Å². The highest BCUT2D eigenvalue weighted by molar-refractivity contribution is 7.17. The molecule has 0 aliphatic heterocycles. The number of hydrogen-bond acceptors (Lipinski definition) is 7. The van der Waals surface area contributed by atoms with E-state index in [4.69, 9.17) is 4.74 Å². The van der Waals surface area contributed by atoms with Crippen LogP contribution in [-0.4, -0.2) is 31.1 Å². The quantitative estimate of drug-likeness (QED) is 0.362. The average molecular weight is 391 g/mol. The van der Waals surface area contributed by atoms with Crippen LogP contribution >= 0.6 is 22.7 Å². The number of hydrazone groups is 1. The molecule has 0 atom stereocenters. The number of amides is 2. The minimum atomic E-state index is -0.903. The Morgan fingerprint density at radius 2 is 2.08 bits per heavy atom. The predicted molar refractivity (Wildman–Crippen MR) is 101 cm³/mol. The van der Waals surface area contributed by atoms with Gasteiger partial charge in [-0.2, -0.15) is 5.10 Å². The lowest BCUT2D eigenvalue weighted by atomic mass is 10.1. The lowest BCUT2D eigenvalue weighted by molar-refractivity contribution is -0.136. The van der Waals surface area contributed by atoms with Gasteiger partial charge in [0.25, 0.3) is 0 Å². The first-order chi connectivity index (χ1) is 12.5. The van der Waals surface area contributed by atoms with E-state index in [9.17, 15) is 14.4 Å². The standard InChI is InChI=1S/C17H17N3O4S2/c1-9-6-7-25-12(9)8-18-20-15(22)14(21)19-16-13(17(23)24-2)10-4-3-5-11(10)26-16/h6-8H,3-5H2,1-2H3,(H,19,21)(H,20,22). The van der Waals surface area contributed by atoms with Crippen LogP contribution in [0.3, 0.4) is 0 Å². The van der Waals surface area contributed by atoms with Crippen molar-refractivity contribution in [2.45, 2.75) is 26.2 Å². The second kappa shape index (κ2) is 7.79. The molecule has 0 saturated heterocycles. The Morgan fingerprint density at radius 1 is 1.27 bits per heavy atom. The highest BCUT2D eigenvalue weighted by Crippen LogP contribution is 2.39. The number of carbonyl (C=O) groups is 3. The van der Waals surface area contributed by atoms with Gasteiger partial charge in [-0.1, -0.05) is 0 Å². The fraction of sp³-hybridized carbons (Fsp3) is 0.294. The van der Waals surface area contributed by atoms with E-state index in [-0.39, 0.29) is 0 Å². The summed E-state index contributed by atoms with van der Waals surface area (Å²) in [6.07, 6.45) is 4.08. The van der Waals surface area contributed by atoms with E-state index < -0.39 is 17.8 Å². The van der Waals surface area contributed by atoms with Crippen molar-refractivity contribution in [1.29, 1.82) is 0 Å². The largest absolute Gasteiger partial charge is 0.465 e. The molecule has 7 nitrogen and oxygen atoms in total. The molecule has 9 heteroatoms. The second-order valence-electron chi connectivity index (χ2n) is 5.67. The molecule has 1 aliphatic rings. The molecule has 0 saturated carbocycles. The van der Waals surface area contributed by atoms with Crippen LogP contribution in [0.15, 0.2) is 16.5 Å². The number of nitrogens with zero attached hydrogens (tertiary/aromatic N) is 1. The smallest absolute Gasteiger partial charge is 0.341 e. The van der Waals surface area contributed by atoms with Crippen LogP contribution in [0.2, 0.25) is 0 Å². The fourth-order valence-corrected chi connectivity index (χ4v) is 4.75. The third-order valence-corrected chi connectivity index (χ3v) is 6.15. The first-order valence-electron chi connectivity index (χ1n) is 7.92. The van der Waals surface area contributed by atoms with Gasteiger partial charge >= 0.3 is 17.8 Å². The monoisotopic (exact) mass is 391 g/mol. The van der Waals surface area contributed by atoms with Crippen molar-refractivity contribution >= 4 is 51.7 Å². The number of thiophene rings is 2. The summed E-state index contributed by atoms with van der Waals surface area (Å²) in [6.45, 7) is 1.93. The fourth-order valence-electron chi connectivity index (χ4n) is 2.69. The number of esters is 1. The van der Waals surface area contributed by atoms with Crippen LogP contribution in [0.4, 0.5) is 5.00 Å². The van der Waals surface area contributed by atoms with Gasteiger partial charge in [-0.3, -0.25) is 9.59 Å². The SMILES string of the molecule is COC(=O)c1c(NC(=O)C(=O)NN=Cc2sccc2C)sc2c1CCC2. The number of ether oxygens (including phenoxy) is 1. The molecule has 0 spiro atoms. The van der Waals surface area contributed by atoms with Gasteiger partial charge in [-0.15, -0.1) is 22.7 Å². The van der Waals surface area contributed by atoms with Gasteiger partial charge in [-0.25, -0.2) is 10.2 Å². The molecule has 3 rings (SSSR count). The van der Waals surface area contributed by atoms with Gasteiger partial charge < -0.3 is 10.1 Å². The summed E-state index contributed by atoms with van der Waals surface area (Å²) < 4.78 is 4.81. The normalized spacial score (nSPS) is 12.8. The van der Waals surface area contributed by atoms with E-state index in [1.165, 1.54) is 36.0 Å². The molecule has 0 radical (unpaired) electrons. The molecule has 0 fully saturated rings. The van der Waals surface area contributed by atoms with Crippen molar-refractivity contribution in [3.05, 3.63) is 37.9 Å². The third kappa shape index (κ3) is 3.68. The van der Waals surface area contributed by atoms with E-state index in [2.05, 4.69) is 15.8 Å². The Kier molecular flexibility index (Phi) is 5.48. The summed E-state index contributed by atoms with van der Waals surface area (Å²) >= 11 is 2.79. The number of methoxy groups -OCH3 is 1. The molecule has 2 aromatic rings. The summed E-state index contributed by atoms with van der Waals surface area (Å²) in [5.74, 6) is -2.29. The number of hydrogen-bond donors (Lipinski definition) is 2. The highest BCUT2D eigenvalue weighted by atomic mass is 32.1. The summed E-state index contributed by atoms with van der Waals surface area (Å²) in [5, 5.41) is 8.56. The molecule has 2 amide bonds. The van der Waals surface area contributed by atoms with Gasteiger partial charge in [0, 0.05) is 9.75 Å². The van der Waals surface area contributed by atoms with Crippen molar-refractivity contribution in [1.82, 2.24) is 5.43 Å². The van der Waals surface area contributed by atoms with Crippen molar-refractivity contribution in [2.24, 2.45) is 5.10 Å². The topological polar surface area (TPSA) is 96.9 Å². The van der Waals surface area contributed by atoms with Gasteiger partial charge in [-0.05, 0) is 48.8 Å². The van der Waals surface area contributed by atoms with Gasteiger partial charge in [0.05, 0.1) is 18.9 Å². The number of nitrogens with one attached hydrogen (secondary N) is 2. The van der Waals surface area contributed by atoms with Crippen LogP contribution < -0.4 is 10.7 Å². The van der Waals surface area contributed by atoms with E-state index in [1.54, 1.807) is 0 Å². The highest BCUT2D eigenvalue weighted by Gasteiger charge is 2.29. The van der Waals surface area contributed by atoms with Crippen LogP contribution in [0.25, 0.3) is 0 Å². The molecular formula is C17H17N3O4S2. The minimum Gasteiger partial charge on any atom is -0.465 e. The van der Waals surface area contributed by atoms with E-state index in [1.807, 2.05) is 18.4 Å². The van der Waals surface area contributed by atoms with Gasteiger partial charge in [0.15, 0.2) is 0 Å².